The Morgan fingerprint density at radius 3 is 2.92 bits per heavy atom. The molecule has 4 heterocycles. The number of imidazole rings is 1. The van der Waals surface area contributed by atoms with E-state index >= 15 is 0 Å². The summed E-state index contributed by atoms with van der Waals surface area (Å²) >= 11 is 0. The molecule has 24 heavy (non-hydrogen) atoms. The average Bonchev–Trinajstić information content (AvgIpc) is 3.06. The van der Waals surface area contributed by atoms with E-state index in [1.54, 1.807) is 24.7 Å². The van der Waals surface area contributed by atoms with Gasteiger partial charge < -0.3 is 10.1 Å². The minimum absolute atomic E-state index is 0.369. The van der Waals surface area contributed by atoms with E-state index in [1.807, 2.05) is 16.5 Å². The first kappa shape index (κ1) is 14.6. The molecule has 0 aliphatic carbocycles. The zero-order valence-electron chi connectivity index (χ0n) is 13.0. The van der Waals surface area contributed by atoms with Crippen molar-refractivity contribution in [1.29, 1.82) is 5.26 Å². The molecule has 1 aliphatic rings. The van der Waals surface area contributed by atoms with E-state index in [0.717, 1.165) is 43.2 Å². The molecule has 7 nitrogen and oxygen atoms in total. The van der Waals surface area contributed by atoms with Gasteiger partial charge in [0.15, 0.2) is 5.82 Å². The smallest absolute Gasteiger partial charge is 0.180 e. The van der Waals surface area contributed by atoms with Gasteiger partial charge in [-0.2, -0.15) is 5.26 Å². The van der Waals surface area contributed by atoms with Crippen LogP contribution in [-0.2, 0) is 4.74 Å². The van der Waals surface area contributed by atoms with Crippen molar-refractivity contribution in [3.63, 3.8) is 0 Å². The molecule has 0 bridgehead atoms. The molecule has 3 aromatic heterocycles. The molecule has 7 heteroatoms. The number of hydrogen-bond donors (Lipinski definition) is 1. The summed E-state index contributed by atoms with van der Waals surface area (Å²) in [5.41, 5.74) is 2.09. The van der Waals surface area contributed by atoms with Crippen LogP contribution in [-0.4, -0.2) is 38.6 Å². The summed E-state index contributed by atoms with van der Waals surface area (Å²) in [6.45, 7) is 1.56. The fraction of sp³-hybridized carbons (Fsp3) is 0.294. The highest BCUT2D eigenvalue weighted by atomic mass is 16.5. The monoisotopic (exact) mass is 320 g/mol. The number of anilines is 1. The third-order valence-electron chi connectivity index (χ3n) is 4.09. The Morgan fingerprint density at radius 2 is 2.08 bits per heavy atom. The first-order valence-corrected chi connectivity index (χ1v) is 7.88. The topological polar surface area (TPSA) is 88.1 Å². The van der Waals surface area contributed by atoms with E-state index in [-0.39, 0.29) is 0 Å². The number of hydrogen-bond acceptors (Lipinski definition) is 6. The van der Waals surface area contributed by atoms with Crippen LogP contribution in [0.15, 0.2) is 36.8 Å². The van der Waals surface area contributed by atoms with Crippen molar-refractivity contribution in [3.8, 4) is 17.6 Å². The first-order chi connectivity index (χ1) is 11.8. The number of aromatic nitrogens is 4. The predicted molar refractivity (Wildman–Crippen MR) is 88.4 cm³/mol. The van der Waals surface area contributed by atoms with Gasteiger partial charge in [-0.3, -0.25) is 4.40 Å². The van der Waals surface area contributed by atoms with Crippen LogP contribution in [0.3, 0.4) is 0 Å². The predicted octanol–water partition coefficient (Wildman–Crippen LogP) is 2.25. The summed E-state index contributed by atoms with van der Waals surface area (Å²) in [6.07, 6.45) is 7.15. The van der Waals surface area contributed by atoms with Gasteiger partial charge in [-0.1, -0.05) is 0 Å². The Morgan fingerprint density at radius 1 is 1.21 bits per heavy atom. The van der Waals surface area contributed by atoms with E-state index in [2.05, 4.69) is 26.3 Å². The third kappa shape index (κ3) is 2.79. The summed E-state index contributed by atoms with van der Waals surface area (Å²) in [4.78, 5) is 13.3. The van der Waals surface area contributed by atoms with E-state index in [9.17, 15) is 0 Å². The van der Waals surface area contributed by atoms with Gasteiger partial charge >= 0.3 is 0 Å². The lowest BCUT2D eigenvalue weighted by atomic mass is 10.1. The van der Waals surface area contributed by atoms with Crippen molar-refractivity contribution in [2.45, 2.75) is 18.9 Å². The van der Waals surface area contributed by atoms with Crippen LogP contribution in [0.5, 0.6) is 0 Å². The lowest BCUT2D eigenvalue weighted by Gasteiger charge is -2.23. The molecular weight excluding hydrogens is 304 g/mol. The molecule has 120 valence electrons. The summed E-state index contributed by atoms with van der Waals surface area (Å²) in [5, 5.41) is 12.5. The number of fused-ring (bicyclic) bond motifs is 1. The van der Waals surface area contributed by atoms with Crippen LogP contribution in [0.4, 0.5) is 5.82 Å². The van der Waals surface area contributed by atoms with Crippen molar-refractivity contribution < 1.29 is 4.74 Å². The Bertz CT molecular complexity index is 907. The molecule has 1 fully saturated rings. The molecule has 0 atom stereocenters. The summed E-state index contributed by atoms with van der Waals surface area (Å²) in [5.74, 6) is 1.37. The second kappa shape index (κ2) is 6.26. The zero-order chi connectivity index (χ0) is 16.4. The molecule has 1 N–H and O–H groups in total. The number of nitriles is 1. The zero-order valence-corrected chi connectivity index (χ0v) is 13.0. The second-order valence-corrected chi connectivity index (χ2v) is 5.70. The number of pyridine rings is 1. The van der Waals surface area contributed by atoms with Gasteiger partial charge in [-0.15, -0.1) is 0 Å². The maximum absolute atomic E-state index is 9.09. The molecular formula is C17H16N6O. The van der Waals surface area contributed by atoms with Gasteiger partial charge in [0.25, 0.3) is 0 Å². The van der Waals surface area contributed by atoms with Crippen molar-refractivity contribution in [2.24, 2.45) is 0 Å². The molecule has 0 spiro atoms. The number of nitrogens with zero attached hydrogens (tertiary/aromatic N) is 5. The van der Waals surface area contributed by atoms with E-state index in [0.29, 0.717) is 17.4 Å². The summed E-state index contributed by atoms with van der Waals surface area (Å²) in [6, 6.07) is 7.93. The molecule has 0 aromatic carbocycles. The highest BCUT2D eigenvalue weighted by molar-refractivity contribution is 5.59. The van der Waals surface area contributed by atoms with Crippen LogP contribution >= 0.6 is 0 Å². The van der Waals surface area contributed by atoms with Gasteiger partial charge in [-0.25, -0.2) is 15.0 Å². The van der Waals surface area contributed by atoms with Gasteiger partial charge in [0.1, 0.15) is 23.2 Å². The largest absolute Gasteiger partial charge is 0.381 e. The van der Waals surface area contributed by atoms with Crippen LogP contribution in [0.25, 0.3) is 17.2 Å². The minimum Gasteiger partial charge on any atom is -0.381 e. The summed E-state index contributed by atoms with van der Waals surface area (Å²) in [7, 11) is 0. The number of ether oxygens (including phenoxy) is 1. The Labute approximate surface area is 139 Å². The summed E-state index contributed by atoms with van der Waals surface area (Å²) < 4.78 is 7.22. The fourth-order valence-electron chi connectivity index (χ4n) is 2.83. The van der Waals surface area contributed by atoms with Gasteiger partial charge in [0.05, 0.1) is 11.8 Å². The Kier molecular flexibility index (Phi) is 3.81. The molecule has 3 aromatic rings. The first-order valence-electron chi connectivity index (χ1n) is 7.88. The van der Waals surface area contributed by atoms with Gasteiger partial charge in [0.2, 0.25) is 0 Å². The molecule has 0 radical (unpaired) electrons. The van der Waals surface area contributed by atoms with E-state index in [4.69, 9.17) is 10.00 Å². The molecule has 0 unspecified atom stereocenters. The molecule has 0 saturated carbocycles. The van der Waals surface area contributed by atoms with Crippen molar-refractivity contribution >= 4 is 11.5 Å². The van der Waals surface area contributed by atoms with Crippen molar-refractivity contribution in [2.75, 3.05) is 18.5 Å². The van der Waals surface area contributed by atoms with Gasteiger partial charge in [-0.05, 0) is 31.0 Å². The fourth-order valence-corrected chi connectivity index (χ4v) is 2.83. The van der Waals surface area contributed by atoms with Crippen LogP contribution in [0, 0.1) is 11.3 Å². The number of nitrogens with one attached hydrogen (secondary N) is 1. The molecule has 1 aliphatic heterocycles. The minimum atomic E-state index is 0.369. The Hall–Kier alpha value is -2.98. The molecule has 1 saturated heterocycles. The normalized spacial score (nSPS) is 15.3. The van der Waals surface area contributed by atoms with Crippen LogP contribution in [0.2, 0.25) is 0 Å². The average molecular weight is 320 g/mol. The van der Waals surface area contributed by atoms with Gasteiger partial charge in [0, 0.05) is 31.6 Å². The maximum atomic E-state index is 9.09. The maximum Gasteiger partial charge on any atom is 0.180 e. The third-order valence-corrected chi connectivity index (χ3v) is 4.09. The van der Waals surface area contributed by atoms with E-state index in [1.165, 1.54) is 0 Å². The second-order valence-electron chi connectivity index (χ2n) is 5.70. The van der Waals surface area contributed by atoms with Crippen LogP contribution in [0.1, 0.15) is 18.4 Å². The number of rotatable bonds is 3. The van der Waals surface area contributed by atoms with Crippen LogP contribution < -0.4 is 5.32 Å². The molecule has 4 rings (SSSR count). The quantitative estimate of drug-likeness (QED) is 0.796. The highest BCUT2D eigenvalue weighted by Crippen LogP contribution is 2.20. The lowest BCUT2D eigenvalue weighted by molar-refractivity contribution is 0.0904. The Balaban J connectivity index is 1.67. The van der Waals surface area contributed by atoms with Crippen molar-refractivity contribution in [1.82, 2.24) is 19.4 Å². The van der Waals surface area contributed by atoms with Crippen molar-refractivity contribution in [3.05, 3.63) is 42.4 Å². The standard InChI is InChI=1S/C17H16N6O/c18-9-12-1-2-16-20-10-14(23(16)11-12)17-19-6-3-15(22-17)21-13-4-7-24-8-5-13/h1-3,6,10-11,13H,4-5,7-8H2,(H,19,21,22). The highest BCUT2D eigenvalue weighted by Gasteiger charge is 2.15. The van der Waals surface area contributed by atoms with E-state index < -0.39 is 0 Å². The SMILES string of the molecule is N#Cc1ccc2ncc(-c3nccc(NC4CCOCC4)n3)n2c1. The lowest BCUT2D eigenvalue weighted by Crippen LogP contribution is -2.28. The molecule has 0 amide bonds.